The van der Waals surface area contributed by atoms with E-state index < -0.39 is 11.9 Å². The Bertz CT molecular complexity index is 1140. The molecule has 2 N–H and O–H groups in total. The van der Waals surface area contributed by atoms with Crippen LogP contribution in [-0.2, 0) is 16.1 Å². The maximum absolute atomic E-state index is 9.10. The van der Waals surface area contributed by atoms with Crippen LogP contribution in [0.15, 0.2) is 60.8 Å². The van der Waals surface area contributed by atoms with Crippen LogP contribution < -0.4 is 0 Å². The number of nitrogens with zero attached hydrogens (tertiary/aromatic N) is 4. The van der Waals surface area contributed by atoms with Crippen molar-refractivity contribution in [2.45, 2.75) is 32.4 Å². The third-order valence-corrected chi connectivity index (χ3v) is 5.50. The fourth-order valence-corrected chi connectivity index (χ4v) is 3.84. The number of likely N-dealkylation sites (tertiary alicyclic amines) is 1. The van der Waals surface area contributed by atoms with Crippen molar-refractivity contribution in [2.24, 2.45) is 0 Å². The number of carboxylic acid groups (broad SMARTS) is 2. The Kier molecular flexibility index (Phi) is 7.95. The lowest BCUT2D eigenvalue weighted by molar-refractivity contribution is -0.159. The minimum absolute atomic E-state index is 0.463. The zero-order valence-electron chi connectivity index (χ0n) is 18.4. The van der Waals surface area contributed by atoms with Crippen LogP contribution in [0.4, 0.5) is 0 Å². The van der Waals surface area contributed by atoms with Gasteiger partial charge in [0.15, 0.2) is 0 Å². The molecule has 0 aliphatic carbocycles. The molecule has 1 aliphatic rings. The van der Waals surface area contributed by atoms with Crippen LogP contribution in [0.1, 0.15) is 35.6 Å². The fraction of sp³-hybridized carbons (Fsp3) is 0.280. The van der Waals surface area contributed by atoms with Gasteiger partial charge in [0.25, 0.3) is 0 Å². The van der Waals surface area contributed by atoms with Gasteiger partial charge in [-0.1, -0.05) is 35.9 Å². The zero-order chi connectivity index (χ0) is 23.8. The smallest absolute Gasteiger partial charge is 0.414 e. The van der Waals surface area contributed by atoms with E-state index in [9.17, 15) is 0 Å². The van der Waals surface area contributed by atoms with Crippen LogP contribution >= 0.6 is 0 Å². The molecule has 3 aromatic rings. The predicted octanol–water partition coefficient (Wildman–Crippen LogP) is 3.72. The monoisotopic (exact) mass is 446 g/mol. The molecular weight excluding hydrogens is 420 g/mol. The van der Waals surface area contributed by atoms with Crippen molar-refractivity contribution in [2.75, 3.05) is 13.1 Å². The van der Waals surface area contributed by atoms with Gasteiger partial charge < -0.3 is 10.2 Å². The zero-order valence-corrected chi connectivity index (χ0v) is 18.4. The average molecular weight is 447 g/mol. The molecule has 33 heavy (non-hydrogen) atoms. The number of hydrogen-bond acceptors (Lipinski definition) is 5. The highest BCUT2D eigenvalue weighted by Gasteiger charge is 2.21. The van der Waals surface area contributed by atoms with Gasteiger partial charge in [-0.05, 0) is 49.6 Å². The SMILES string of the molecule is Cc1cccc(-c2ccn(C3CCN(Cc4cccc(C#N)c4)CC3)n2)c1.O=C(O)C(=O)O. The summed E-state index contributed by atoms with van der Waals surface area (Å²) in [5, 5.41) is 28.7. The van der Waals surface area contributed by atoms with Gasteiger partial charge in [0, 0.05) is 31.4 Å². The van der Waals surface area contributed by atoms with Crippen molar-refractivity contribution in [3.8, 4) is 17.3 Å². The fourth-order valence-electron chi connectivity index (χ4n) is 3.84. The molecular formula is C25H26N4O4. The Morgan fingerprint density at radius 2 is 1.76 bits per heavy atom. The van der Waals surface area contributed by atoms with Gasteiger partial charge >= 0.3 is 11.9 Å². The van der Waals surface area contributed by atoms with E-state index in [0.29, 0.717) is 6.04 Å². The van der Waals surface area contributed by atoms with E-state index >= 15 is 0 Å². The Balaban J connectivity index is 0.000000454. The second-order valence-corrected chi connectivity index (χ2v) is 7.98. The van der Waals surface area contributed by atoms with Crippen LogP contribution in [0.3, 0.4) is 0 Å². The number of piperidine rings is 1. The minimum atomic E-state index is -1.82. The maximum atomic E-state index is 9.10. The number of carboxylic acids is 2. The molecule has 8 nitrogen and oxygen atoms in total. The van der Waals surface area contributed by atoms with Crippen molar-refractivity contribution in [3.63, 3.8) is 0 Å². The number of nitriles is 1. The molecule has 0 bridgehead atoms. The molecule has 0 spiro atoms. The van der Waals surface area contributed by atoms with E-state index in [1.54, 1.807) is 0 Å². The summed E-state index contributed by atoms with van der Waals surface area (Å²) >= 11 is 0. The van der Waals surface area contributed by atoms with Crippen LogP contribution in [0.2, 0.25) is 0 Å². The highest BCUT2D eigenvalue weighted by molar-refractivity contribution is 6.27. The van der Waals surface area contributed by atoms with E-state index in [2.05, 4.69) is 65.2 Å². The molecule has 1 aromatic heterocycles. The molecule has 0 atom stereocenters. The summed E-state index contributed by atoms with van der Waals surface area (Å²) in [6, 6.07) is 21.2. The van der Waals surface area contributed by atoms with Gasteiger partial charge in [0.05, 0.1) is 23.4 Å². The van der Waals surface area contributed by atoms with Crippen LogP contribution in [0, 0.1) is 18.3 Å². The first-order valence-electron chi connectivity index (χ1n) is 10.7. The average Bonchev–Trinajstić information content (AvgIpc) is 3.30. The minimum Gasteiger partial charge on any atom is -0.473 e. The largest absolute Gasteiger partial charge is 0.473 e. The molecule has 2 aromatic carbocycles. The number of carbonyl (C=O) groups is 2. The molecule has 170 valence electrons. The van der Waals surface area contributed by atoms with Gasteiger partial charge in [-0.3, -0.25) is 9.58 Å². The molecule has 0 saturated carbocycles. The second-order valence-electron chi connectivity index (χ2n) is 7.98. The highest BCUT2D eigenvalue weighted by Crippen LogP contribution is 2.26. The van der Waals surface area contributed by atoms with Gasteiger partial charge in [-0.2, -0.15) is 10.4 Å². The van der Waals surface area contributed by atoms with Crippen LogP contribution in [0.5, 0.6) is 0 Å². The number of aliphatic carboxylic acids is 2. The number of hydrogen-bond donors (Lipinski definition) is 2. The second kappa shape index (κ2) is 11.1. The van der Waals surface area contributed by atoms with E-state index in [1.807, 2.05) is 18.2 Å². The van der Waals surface area contributed by atoms with Crippen LogP contribution in [0.25, 0.3) is 11.3 Å². The van der Waals surface area contributed by atoms with Gasteiger partial charge in [-0.25, -0.2) is 9.59 Å². The first-order chi connectivity index (χ1) is 15.9. The van der Waals surface area contributed by atoms with E-state index in [0.717, 1.165) is 43.7 Å². The van der Waals surface area contributed by atoms with E-state index in [4.69, 9.17) is 30.2 Å². The van der Waals surface area contributed by atoms with Gasteiger partial charge in [0.2, 0.25) is 0 Å². The highest BCUT2D eigenvalue weighted by atomic mass is 16.4. The lowest BCUT2D eigenvalue weighted by Crippen LogP contribution is -2.34. The summed E-state index contributed by atoms with van der Waals surface area (Å²) < 4.78 is 2.14. The van der Waals surface area contributed by atoms with Gasteiger partial charge in [0.1, 0.15) is 0 Å². The molecule has 4 rings (SSSR count). The molecule has 1 fully saturated rings. The van der Waals surface area contributed by atoms with Crippen molar-refractivity contribution in [1.82, 2.24) is 14.7 Å². The molecule has 8 heteroatoms. The topological polar surface area (TPSA) is 119 Å². The predicted molar refractivity (Wildman–Crippen MR) is 122 cm³/mol. The third-order valence-electron chi connectivity index (χ3n) is 5.50. The summed E-state index contributed by atoms with van der Waals surface area (Å²) in [5.74, 6) is -3.65. The Morgan fingerprint density at radius 1 is 1.06 bits per heavy atom. The standard InChI is InChI=1S/C23H24N4.C2H2O4/c1-18-4-2-7-21(14-18)23-10-13-27(25-23)22-8-11-26(12-9-22)17-20-6-3-5-19(15-20)16-24;3-1(4)2(5)6/h2-7,10,13-15,22H,8-9,11-12,17H2,1H3;(H,3,4)(H,5,6). The van der Waals surface area contributed by atoms with Crippen molar-refractivity contribution in [3.05, 3.63) is 77.5 Å². The normalized spacial score (nSPS) is 14.1. The third kappa shape index (κ3) is 6.76. The first kappa shape index (κ1) is 23.7. The lowest BCUT2D eigenvalue weighted by Gasteiger charge is -2.32. The lowest BCUT2D eigenvalue weighted by atomic mass is 10.0. The molecule has 0 unspecified atom stereocenters. The number of rotatable bonds is 4. The van der Waals surface area contributed by atoms with Gasteiger partial charge in [-0.15, -0.1) is 0 Å². The summed E-state index contributed by atoms with van der Waals surface area (Å²) in [4.78, 5) is 20.7. The molecule has 0 radical (unpaired) electrons. The van der Waals surface area contributed by atoms with Crippen molar-refractivity contribution in [1.29, 1.82) is 5.26 Å². The molecule has 1 aliphatic heterocycles. The Labute approximate surface area is 192 Å². The van der Waals surface area contributed by atoms with E-state index in [-0.39, 0.29) is 0 Å². The summed E-state index contributed by atoms with van der Waals surface area (Å²) in [7, 11) is 0. The quantitative estimate of drug-likeness (QED) is 0.586. The Morgan fingerprint density at radius 3 is 2.39 bits per heavy atom. The van der Waals surface area contributed by atoms with Crippen molar-refractivity contribution >= 4 is 11.9 Å². The summed E-state index contributed by atoms with van der Waals surface area (Å²) in [6.45, 7) is 5.14. The number of aryl methyl sites for hydroxylation is 1. The molecule has 2 heterocycles. The molecule has 1 saturated heterocycles. The summed E-state index contributed by atoms with van der Waals surface area (Å²) in [6.07, 6.45) is 4.33. The van der Waals surface area contributed by atoms with Crippen molar-refractivity contribution < 1.29 is 19.8 Å². The Hall–Kier alpha value is -3.96. The summed E-state index contributed by atoms with van der Waals surface area (Å²) in [5.41, 5.74) is 5.45. The number of aromatic nitrogens is 2. The van der Waals surface area contributed by atoms with E-state index in [1.165, 1.54) is 16.7 Å². The number of benzene rings is 2. The molecule has 0 amide bonds. The van der Waals surface area contributed by atoms with Crippen LogP contribution in [-0.4, -0.2) is 49.9 Å². The first-order valence-corrected chi connectivity index (χ1v) is 10.7. The maximum Gasteiger partial charge on any atom is 0.414 e.